The van der Waals surface area contributed by atoms with Crippen molar-refractivity contribution in [1.82, 2.24) is 19.9 Å². The van der Waals surface area contributed by atoms with Crippen molar-refractivity contribution in [1.29, 1.82) is 0 Å². The molecule has 1 amide bonds. The topological polar surface area (TPSA) is 76.9 Å². The Morgan fingerprint density at radius 3 is 2.82 bits per heavy atom. The average molecular weight is 399 g/mol. The summed E-state index contributed by atoms with van der Waals surface area (Å²) in [5.41, 5.74) is 2.99. The Bertz CT molecular complexity index is 891. The largest absolute Gasteiger partial charge is 0.353 e. The van der Waals surface area contributed by atoms with Gasteiger partial charge < -0.3 is 5.32 Å². The molecule has 0 aromatic carbocycles. The molecule has 1 fully saturated rings. The first kappa shape index (κ1) is 19.2. The number of amides is 1. The Hall–Kier alpha value is -2.15. The van der Waals surface area contributed by atoms with Crippen LogP contribution in [0, 0.1) is 0 Å². The van der Waals surface area contributed by atoms with Crippen LogP contribution in [0.15, 0.2) is 34.3 Å². The van der Waals surface area contributed by atoms with Crippen LogP contribution in [-0.2, 0) is 24.2 Å². The molecule has 1 saturated carbocycles. The number of pyridine rings is 1. The van der Waals surface area contributed by atoms with Crippen molar-refractivity contribution < 1.29 is 4.79 Å². The monoisotopic (exact) mass is 398 g/mol. The summed E-state index contributed by atoms with van der Waals surface area (Å²) in [6, 6.07) is 4.18. The van der Waals surface area contributed by atoms with Crippen molar-refractivity contribution in [2.75, 3.05) is 5.75 Å². The van der Waals surface area contributed by atoms with Crippen LogP contribution in [0.5, 0.6) is 0 Å². The van der Waals surface area contributed by atoms with Gasteiger partial charge >= 0.3 is 5.69 Å². The molecule has 2 aromatic rings. The van der Waals surface area contributed by atoms with E-state index in [9.17, 15) is 9.59 Å². The van der Waals surface area contributed by atoms with Gasteiger partial charge in [0.15, 0.2) is 0 Å². The molecule has 1 N–H and O–H groups in total. The van der Waals surface area contributed by atoms with Gasteiger partial charge in [-0.25, -0.2) is 4.79 Å². The number of fused-ring (bicyclic) bond motifs is 1. The number of hydrogen-bond acceptors (Lipinski definition) is 5. The fourth-order valence-electron chi connectivity index (χ4n) is 4.18. The Labute approximate surface area is 169 Å². The summed E-state index contributed by atoms with van der Waals surface area (Å²) < 4.78 is 1.79. The van der Waals surface area contributed by atoms with Gasteiger partial charge in [0, 0.05) is 29.7 Å². The van der Waals surface area contributed by atoms with Crippen molar-refractivity contribution in [2.45, 2.75) is 69.0 Å². The van der Waals surface area contributed by atoms with E-state index in [1.165, 1.54) is 24.6 Å². The van der Waals surface area contributed by atoms with Gasteiger partial charge in [0.25, 0.3) is 0 Å². The maximum Gasteiger partial charge on any atom is 0.349 e. The molecule has 28 heavy (non-hydrogen) atoms. The summed E-state index contributed by atoms with van der Waals surface area (Å²) in [5, 5.41) is 3.85. The number of nitrogens with zero attached hydrogens (tertiary/aromatic N) is 3. The van der Waals surface area contributed by atoms with E-state index >= 15 is 0 Å². The Morgan fingerprint density at radius 1 is 1.21 bits per heavy atom. The summed E-state index contributed by atoms with van der Waals surface area (Å²) in [7, 11) is 0. The van der Waals surface area contributed by atoms with Crippen LogP contribution in [0.3, 0.4) is 0 Å². The molecule has 0 unspecified atom stereocenters. The molecule has 0 atom stereocenters. The predicted molar refractivity (Wildman–Crippen MR) is 110 cm³/mol. The number of carbonyl (C=O) groups is 1. The van der Waals surface area contributed by atoms with Gasteiger partial charge in [0.1, 0.15) is 5.03 Å². The molecule has 2 aliphatic rings. The molecule has 148 valence electrons. The first-order valence-corrected chi connectivity index (χ1v) is 11.1. The highest BCUT2D eigenvalue weighted by Crippen LogP contribution is 2.29. The van der Waals surface area contributed by atoms with Gasteiger partial charge in [-0.15, -0.1) is 0 Å². The minimum Gasteiger partial charge on any atom is -0.353 e. The second-order valence-corrected chi connectivity index (χ2v) is 8.58. The van der Waals surface area contributed by atoms with E-state index in [1.54, 1.807) is 17.0 Å². The number of nitrogens with one attached hydrogen (secondary N) is 1. The van der Waals surface area contributed by atoms with E-state index in [0.717, 1.165) is 60.4 Å². The molecule has 0 saturated heterocycles. The summed E-state index contributed by atoms with van der Waals surface area (Å²) >= 11 is 1.41. The lowest BCUT2D eigenvalue weighted by Crippen LogP contribution is -2.34. The van der Waals surface area contributed by atoms with E-state index in [4.69, 9.17) is 0 Å². The molecule has 0 bridgehead atoms. The van der Waals surface area contributed by atoms with Crippen molar-refractivity contribution in [3.05, 3.63) is 51.8 Å². The predicted octanol–water partition coefficient (Wildman–Crippen LogP) is 2.72. The van der Waals surface area contributed by atoms with Gasteiger partial charge in [-0.2, -0.15) is 4.98 Å². The molecule has 2 aromatic heterocycles. The number of thioether (sulfide) groups is 1. The molecule has 0 spiro atoms. The molecular weight excluding hydrogens is 372 g/mol. The lowest BCUT2D eigenvalue weighted by Gasteiger charge is -2.22. The zero-order valence-corrected chi connectivity index (χ0v) is 16.8. The number of hydrogen-bond donors (Lipinski definition) is 1. The van der Waals surface area contributed by atoms with Crippen LogP contribution >= 0.6 is 11.8 Å². The van der Waals surface area contributed by atoms with E-state index in [0.29, 0.717) is 18.3 Å². The summed E-state index contributed by atoms with van der Waals surface area (Å²) in [6.45, 7) is 0.495. The maximum atomic E-state index is 12.8. The van der Waals surface area contributed by atoms with Crippen LogP contribution in [0.4, 0.5) is 0 Å². The molecule has 0 radical (unpaired) electrons. The van der Waals surface area contributed by atoms with Crippen molar-refractivity contribution in [3.8, 4) is 0 Å². The van der Waals surface area contributed by atoms with Crippen LogP contribution in [0.1, 0.15) is 55.3 Å². The van der Waals surface area contributed by atoms with Gasteiger partial charge in [0.05, 0.1) is 12.3 Å². The number of carbonyl (C=O) groups excluding carboxylic acids is 1. The quantitative estimate of drug-likeness (QED) is 0.598. The fourth-order valence-corrected chi connectivity index (χ4v) is 5.07. The first-order chi connectivity index (χ1) is 13.7. The molecule has 2 aliphatic carbocycles. The van der Waals surface area contributed by atoms with Crippen molar-refractivity contribution >= 4 is 17.7 Å². The van der Waals surface area contributed by atoms with Gasteiger partial charge in [-0.1, -0.05) is 30.7 Å². The molecule has 7 heteroatoms. The summed E-state index contributed by atoms with van der Waals surface area (Å²) in [6.07, 6.45) is 12.1. The first-order valence-electron chi connectivity index (χ1n) is 10.1. The van der Waals surface area contributed by atoms with Gasteiger partial charge in [0.2, 0.25) is 5.91 Å². The minimum atomic E-state index is -0.233. The van der Waals surface area contributed by atoms with Crippen LogP contribution < -0.4 is 11.0 Å². The summed E-state index contributed by atoms with van der Waals surface area (Å²) in [4.78, 5) is 33.5. The number of aromatic nitrogens is 3. The van der Waals surface area contributed by atoms with Crippen LogP contribution in [-0.4, -0.2) is 32.2 Å². The van der Waals surface area contributed by atoms with Crippen molar-refractivity contribution in [2.24, 2.45) is 0 Å². The fraction of sp³-hybridized carbons (Fsp3) is 0.524. The Balaban J connectivity index is 1.52. The standard InChI is InChI=1S/C21H26N4O2S/c26-19(23-16-7-1-2-8-16)14-28-20-17-9-3-4-10-18(17)25(21(27)24-20)13-15-6-5-11-22-12-15/h5-6,11-12,16H,1-4,7-10,13-14H2,(H,23,26). The highest BCUT2D eigenvalue weighted by atomic mass is 32.2. The summed E-state index contributed by atoms with van der Waals surface area (Å²) in [5.74, 6) is 0.366. The second-order valence-electron chi connectivity index (χ2n) is 7.62. The lowest BCUT2D eigenvalue weighted by atomic mass is 9.97. The van der Waals surface area contributed by atoms with Crippen LogP contribution in [0.25, 0.3) is 0 Å². The lowest BCUT2D eigenvalue weighted by molar-refractivity contribution is -0.119. The van der Waals surface area contributed by atoms with E-state index in [-0.39, 0.29) is 11.6 Å². The average Bonchev–Trinajstić information content (AvgIpc) is 3.22. The van der Waals surface area contributed by atoms with Gasteiger partial charge in [-0.3, -0.25) is 14.3 Å². The molecule has 0 aliphatic heterocycles. The van der Waals surface area contributed by atoms with E-state index in [2.05, 4.69) is 15.3 Å². The molecule has 2 heterocycles. The van der Waals surface area contributed by atoms with Gasteiger partial charge in [-0.05, 0) is 50.2 Å². The van der Waals surface area contributed by atoms with Crippen LogP contribution in [0.2, 0.25) is 0 Å². The normalized spacial score (nSPS) is 16.7. The second kappa shape index (κ2) is 8.90. The number of rotatable bonds is 6. The third kappa shape index (κ3) is 4.46. The van der Waals surface area contributed by atoms with E-state index in [1.807, 2.05) is 12.1 Å². The molecular formula is C21H26N4O2S. The molecule has 6 nitrogen and oxygen atoms in total. The maximum absolute atomic E-state index is 12.8. The highest BCUT2D eigenvalue weighted by Gasteiger charge is 2.22. The highest BCUT2D eigenvalue weighted by molar-refractivity contribution is 7.99. The third-order valence-electron chi connectivity index (χ3n) is 5.57. The zero-order valence-electron chi connectivity index (χ0n) is 16.0. The Kier molecular flexibility index (Phi) is 6.10. The zero-order chi connectivity index (χ0) is 19.3. The SMILES string of the molecule is O=C(CSc1nc(=O)n(Cc2cccnc2)c2c1CCCC2)NC1CCCC1. The Morgan fingerprint density at radius 2 is 2.04 bits per heavy atom. The van der Waals surface area contributed by atoms with Crippen molar-refractivity contribution in [3.63, 3.8) is 0 Å². The molecule has 4 rings (SSSR count). The smallest absolute Gasteiger partial charge is 0.349 e. The van der Waals surface area contributed by atoms with E-state index < -0.39 is 0 Å². The third-order valence-corrected chi connectivity index (χ3v) is 6.59. The minimum absolute atomic E-state index is 0.0443.